The van der Waals surface area contributed by atoms with Gasteiger partial charge in [0.25, 0.3) is 0 Å². The minimum absolute atomic E-state index is 0.949. The molecule has 0 fully saturated rings. The molecule has 676 valence electrons. The highest BCUT2D eigenvalue weighted by Crippen LogP contribution is 2.31. The SMILES string of the molecule is c1ccc(-c2cnccc2[Si](c2ccccc2)(c2ccccc2)c2ccncc2-c2ccccc2)cc1.c1ccc(-c2cnccc2[Si](c2ccccc2)(c2ccccc2)c2ccncc2-c2ccncc2)cc1.c1ccc([Si](c2ccccc2)(c2ccccc2)c2ccncc2-c2ccccn2)cc1.c1ccc([Si](c2ccccc2)(c2ccncc2-c2cccnc2)c2ccncc2-c2cccnc2)cc1. The Morgan fingerprint density at radius 2 is 0.296 bits per heavy atom. The maximum Gasteiger partial charge on any atom is 0.181 e. The zero-order valence-electron chi connectivity index (χ0n) is 77.9. The van der Waals surface area contributed by atoms with Gasteiger partial charge in [-0.1, -0.05) is 382 Å². The van der Waals surface area contributed by atoms with Crippen molar-refractivity contribution in [3.05, 3.63) is 591 Å². The number of nitrogens with zero attached hydrogens (tertiary/aromatic N) is 11. The average Bonchev–Trinajstić information content (AvgIpc) is 0.724. The molecule has 0 aliphatic rings. The molecule has 11 heterocycles. The fraction of sp³-hybridized carbons (Fsp3) is 0. The lowest BCUT2D eigenvalue weighted by molar-refractivity contribution is 1.29. The van der Waals surface area contributed by atoms with Gasteiger partial charge in [0, 0.05) is 180 Å². The van der Waals surface area contributed by atoms with Gasteiger partial charge in [-0.05, 0) is 184 Å². The van der Waals surface area contributed by atoms with Gasteiger partial charge in [0.1, 0.15) is 0 Å². The molecule has 12 aromatic carbocycles. The van der Waals surface area contributed by atoms with Crippen molar-refractivity contribution in [2.75, 3.05) is 0 Å². The molecule has 15 heteroatoms. The van der Waals surface area contributed by atoms with E-state index in [-0.39, 0.29) is 0 Å². The van der Waals surface area contributed by atoms with E-state index in [9.17, 15) is 0 Å². The third kappa shape index (κ3) is 18.5. The van der Waals surface area contributed by atoms with Crippen molar-refractivity contribution in [2.45, 2.75) is 0 Å². The summed E-state index contributed by atoms with van der Waals surface area (Å²) in [7, 11) is -11.2. The Morgan fingerprint density at radius 3 is 0.521 bits per heavy atom. The fourth-order valence-corrected chi connectivity index (χ4v) is 40.9. The second kappa shape index (κ2) is 44.1. The molecule has 0 spiro atoms. The monoisotopic (exact) mass is 1890 g/mol. The predicted octanol–water partition coefficient (Wildman–Crippen LogP) is 17.3. The van der Waals surface area contributed by atoms with Gasteiger partial charge in [0.15, 0.2) is 32.3 Å². The van der Waals surface area contributed by atoms with Gasteiger partial charge in [0.05, 0.1) is 5.69 Å². The largest absolute Gasteiger partial charge is 0.265 e. The fourth-order valence-electron chi connectivity index (χ4n) is 20.5. The van der Waals surface area contributed by atoms with Crippen LogP contribution in [0.15, 0.2) is 591 Å². The van der Waals surface area contributed by atoms with Gasteiger partial charge in [-0.15, -0.1) is 0 Å². The normalized spacial score (nSPS) is 11.2. The third-order valence-electron chi connectivity index (χ3n) is 26.6. The number of rotatable bonds is 23. The molecule has 0 aliphatic heterocycles. The second-order valence-electron chi connectivity index (χ2n) is 34.3. The Balaban J connectivity index is 0.000000116. The van der Waals surface area contributed by atoms with E-state index >= 15 is 0 Å². The first kappa shape index (κ1) is 91.9. The molecule has 142 heavy (non-hydrogen) atoms. The summed E-state index contributed by atoms with van der Waals surface area (Å²) in [5.41, 5.74) is 15.5. The minimum atomic E-state index is -2.89. The van der Waals surface area contributed by atoms with E-state index in [2.05, 4.69) is 492 Å². The summed E-state index contributed by atoms with van der Waals surface area (Å²) >= 11 is 0. The van der Waals surface area contributed by atoms with Crippen LogP contribution in [-0.4, -0.2) is 87.1 Å². The highest BCUT2D eigenvalue weighted by Gasteiger charge is 2.49. The van der Waals surface area contributed by atoms with E-state index in [0.717, 1.165) is 55.8 Å². The van der Waals surface area contributed by atoms with E-state index in [1.54, 1.807) is 0 Å². The van der Waals surface area contributed by atoms with Crippen LogP contribution in [0.5, 0.6) is 0 Å². The number of aromatic nitrogens is 11. The number of benzene rings is 12. The molecule has 0 atom stereocenters. The first-order chi connectivity index (χ1) is 70.6. The maximum atomic E-state index is 4.69. The van der Waals surface area contributed by atoms with Crippen LogP contribution in [0.4, 0.5) is 0 Å². The Labute approximate surface area is 833 Å². The molecule has 0 saturated heterocycles. The Hall–Kier alpha value is -17.8. The molecule has 0 saturated carbocycles. The molecule has 0 N–H and O–H groups in total. The van der Waals surface area contributed by atoms with Crippen LogP contribution in [0.25, 0.3) is 78.0 Å². The molecule has 0 unspecified atom stereocenters. The van der Waals surface area contributed by atoms with Crippen molar-refractivity contribution in [1.29, 1.82) is 0 Å². The zero-order valence-corrected chi connectivity index (χ0v) is 81.9. The zero-order chi connectivity index (χ0) is 95.7. The van der Waals surface area contributed by atoms with Crippen LogP contribution in [-0.2, 0) is 0 Å². The quantitative estimate of drug-likeness (QED) is 0.0446. The van der Waals surface area contributed by atoms with Gasteiger partial charge in [0.2, 0.25) is 0 Å². The van der Waals surface area contributed by atoms with Crippen LogP contribution < -0.4 is 83.0 Å². The van der Waals surface area contributed by atoms with Crippen molar-refractivity contribution in [1.82, 2.24) is 54.8 Å². The summed E-state index contributed by atoms with van der Waals surface area (Å²) in [4.78, 5) is 49.9. The predicted molar refractivity (Wildman–Crippen MR) is 594 cm³/mol. The summed E-state index contributed by atoms with van der Waals surface area (Å²) in [6, 6.07) is 164. The van der Waals surface area contributed by atoms with Crippen molar-refractivity contribution < 1.29 is 0 Å². The van der Waals surface area contributed by atoms with E-state index in [0.29, 0.717) is 0 Å². The highest BCUT2D eigenvalue weighted by atomic mass is 28.3. The summed E-state index contributed by atoms with van der Waals surface area (Å²) in [5.74, 6) is 0. The maximum absolute atomic E-state index is 4.69. The molecule has 23 rings (SSSR count). The van der Waals surface area contributed by atoms with Crippen molar-refractivity contribution >= 4 is 115 Å². The summed E-state index contributed by atoms with van der Waals surface area (Å²) < 4.78 is 0. The topological polar surface area (TPSA) is 142 Å². The molecule has 0 aliphatic carbocycles. The molecule has 0 bridgehead atoms. The molecule has 11 nitrogen and oxygen atoms in total. The van der Waals surface area contributed by atoms with Crippen molar-refractivity contribution in [3.8, 4) is 78.0 Å². The van der Waals surface area contributed by atoms with Gasteiger partial charge < -0.3 is 0 Å². The van der Waals surface area contributed by atoms with Gasteiger partial charge in [-0.25, -0.2) is 0 Å². The summed E-state index contributed by atoms with van der Waals surface area (Å²) in [5, 5.41) is 20.9. The second-order valence-corrected chi connectivity index (χ2v) is 49.2. The lowest BCUT2D eigenvalue weighted by Crippen LogP contribution is -2.75. The number of hydrogen-bond acceptors (Lipinski definition) is 11. The Morgan fingerprint density at radius 1 is 0.113 bits per heavy atom. The molecular formula is C127H97N11Si4. The summed E-state index contributed by atoms with van der Waals surface area (Å²) in [6.45, 7) is 0. The average molecular weight is 1890 g/mol. The van der Waals surface area contributed by atoms with Crippen LogP contribution in [0.2, 0.25) is 0 Å². The molecule has 23 aromatic rings. The minimum Gasteiger partial charge on any atom is -0.265 e. The Kier molecular flexibility index (Phi) is 28.5. The van der Waals surface area contributed by atoms with Crippen LogP contribution >= 0.6 is 0 Å². The molecule has 11 aromatic heterocycles. The summed E-state index contributed by atoms with van der Waals surface area (Å²) in [6.07, 6.45) is 40.5. The smallest absolute Gasteiger partial charge is 0.181 e. The van der Waals surface area contributed by atoms with Crippen molar-refractivity contribution in [3.63, 3.8) is 0 Å². The highest BCUT2D eigenvalue weighted by molar-refractivity contribution is 7.23. The Bertz CT molecular complexity index is 6910. The van der Waals surface area contributed by atoms with E-state index in [1.165, 1.54) is 105 Å². The van der Waals surface area contributed by atoms with Crippen LogP contribution in [0, 0.1) is 0 Å². The van der Waals surface area contributed by atoms with E-state index in [1.807, 2.05) is 154 Å². The van der Waals surface area contributed by atoms with Gasteiger partial charge >= 0.3 is 0 Å². The molecule has 0 amide bonds. The lowest BCUT2D eigenvalue weighted by atomic mass is 10.1. The molecular weight excluding hydrogens is 1790 g/mol. The standard InChI is InChI=1S/C34H26N2Si.C33H25N3Si.C32H24N4Si.C28H22N2Si/c1-5-13-27(14-6-1)31-25-35-23-21-33(31)37(29-17-9-3-10-18-29,30-19-11-4-12-20-30)34-22-24-36-26-32(34)28-15-7-2-8-16-28;1-4-10-26(11-5-1)30-24-35-22-18-32(30)37(28-12-6-2-7-13-28,29-14-8-3-9-15-29)33-19-23-36-25-31(33)27-16-20-34-21-17-27;1-3-11-27(12-4-1)37(28-13-5-2-6-14-28,31-15-19-35-23-29(31)25-9-7-17-33-21-25)32-16-20-36-24-30(32)26-10-8-18-34-22-26;1-4-12-23(13-5-1)31(24-14-6-2-7-15-24,25-16-8-3-9-17-25)28-19-21-29-22-26(28)27-18-10-11-20-30-27/h1-26H;1-25H;1-24H;1-22H. The first-order valence-electron chi connectivity index (χ1n) is 47.5. The molecule has 0 radical (unpaired) electrons. The lowest BCUT2D eigenvalue weighted by Gasteiger charge is -2.37. The number of pyridine rings is 11. The van der Waals surface area contributed by atoms with Crippen LogP contribution in [0.3, 0.4) is 0 Å². The number of hydrogen-bond donors (Lipinski definition) is 0. The third-order valence-corrected chi connectivity index (χ3v) is 46.1. The van der Waals surface area contributed by atoms with Gasteiger partial charge in [-0.2, -0.15) is 0 Å². The van der Waals surface area contributed by atoms with Crippen molar-refractivity contribution in [2.24, 2.45) is 0 Å². The van der Waals surface area contributed by atoms with E-state index < -0.39 is 32.3 Å². The van der Waals surface area contributed by atoms with Crippen LogP contribution in [0.1, 0.15) is 0 Å². The van der Waals surface area contributed by atoms with Gasteiger partial charge in [-0.3, -0.25) is 54.8 Å². The van der Waals surface area contributed by atoms with E-state index in [4.69, 9.17) is 0 Å². The first-order valence-corrected chi connectivity index (χ1v) is 55.5.